The van der Waals surface area contributed by atoms with E-state index in [4.69, 9.17) is 23.2 Å². The largest absolute Gasteiger partial charge is 0.481 e. The van der Waals surface area contributed by atoms with Crippen molar-refractivity contribution in [3.8, 4) is 0 Å². The molecule has 3 aromatic carbocycles. The quantitative estimate of drug-likeness (QED) is 0.273. The number of carbonyl (C=O) groups is 3. The molecular weight excluding hydrogens is 611 g/mol. The van der Waals surface area contributed by atoms with Gasteiger partial charge in [-0.15, -0.1) is 0 Å². The zero-order chi connectivity index (χ0) is 32.0. The molecule has 1 unspecified atom stereocenters. The number of aryl methyl sites for hydroxylation is 1. The molecule has 3 aromatic rings. The molecule has 0 saturated carbocycles. The smallest absolute Gasteiger partial charge is 0.324 e. The third-order valence-electron chi connectivity index (χ3n) is 8.49. The van der Waals surface area contributed by atoms with E-state index in [9.17, 15) is 19.5 Å². The number of anilines is 1. The summed E-state index contributed by atoms with van der Waals surface area (Å²) in [6.07, 6.45) is 3.98. The first kappa shape index (κ1) is 32.5. The molecule has 8 nitrogen and oxygen atoms in total. The fourth-order valence-corrected chi connectivity index (χ4v) is 6.59. The van der Waals surface area contributed by atoms with Crippen molar-refractivity contribution in [1.82, 2.24) is 14.7 Å². The van der Waals surface area contributed by atoms with Gasteiger partial charge in [-0.3, -0.25) is 19.4 Å². The molecule has 2 saturated heterocycles. The number of nitrogens with zero attached hydrogens (tertiary/aromatic N) is 4. The van der Waals surface area contributed by atoms with Crippen molar-refractivity contribution < 1.29 is 19.5 Å². The number of carboxylic acids is 1. The number of carbonyl (C=O) groups excluding carboxylic acids is 2. The summed E-state index contributed by atoms with van der Waals surface area (Å²) in [5.41, 5.74) is 2.50. The van der Waals surface area contributed by atoms with Crippen LogP contribution >= 0.6 is 23.2 Å². The zero-order valence-corrected chi connectivity index (χ0v) is 26.9. The van der Waals surface area contributed by atoms with Crippen molar-refractivity contribution in [1.29, 1.82) is 0 Å². The SMILES string of the molecule is Cc1ccc(N2CC(CC(=O)O)(CC(=O)N3CCN(C/C=C/c4ccccc4)CC3)CN(Cc3ccc(Cl)cc3Cl)C2=O)cc1. The van der Waals surface area contributed by atoms with Crippen LogP contribution in [0.5, 0.6) is 0 Å². The molecule has 0 bridgehead atoms. The Balaban J connectivity index is 1.33. The molecule has 2 aliphatic rings. The van der Waals surface area contributed by atoms with Crippen LogP contribution in [-0.2, 0) is 16.1 Å². The van der Waals surface area contributed by atoms with Crippen molar-refractivity contribution in [3.63, 3.8) is 0 Å². The van der Waals surface area contributed by atoms with Gasteiger partial charge in [0, 0.05) is 79.9 Å². The van der Waals surface area contributed by atoms with Crippen LogP contribution in [0.2, 0.25) is 10.0 Å². The monoisotopic (exact) mass is 648 g/mol. The molecule has 2 fully saturated rings. The lowest BCUT2D eigenvalue weighted by Gasteiger charge is -2.48. The summed E-state index contributed by atoms with van der Waals surface area (Å²) < 4.78 is 0. The van der Waals surface area contributed by atoms with Crippen molar-refractivity contribution in [3.05, 3.63) is 106 Å². The average Bonchev–Trinajstić information content (AvgIpc) is 3.01. The molecule has 236 valence electrons. The number of urea groups is 1. The molecule has 2 heterocycles. The highest BCUT2D eigenvalue weighted by Crippen LogP contribution is 2.38. The normalized spacial score (nSPS) is 19.4. The molecule has 10 heteroatoms. The maximum Gasteiger partial charge on any atom is 0.324 e. The molecule has 0 radical (unpaired) electrons. The highest BCUT2D eigenvalue weighted by atomic mass is 35.5. The number of halogens is 2. The van der Waals surface area contributed by atoms with Gasteiger partial charge in [0.1, 0.15) is 0 Å². The van der Waals surface area contributed by atoms with Gasteiger partial charge in [0.15, 0.2) is 0 Å². The minimum absolute atomic E-state index is 0.00764. The van der Waals surface area contributed by atoms with E-state index in [1.807, 2.05) is 54.3 Å². The third kappa shape index (κ3) is 8.45. The van der Waals surface area contributed by atoms with E-state index in [0.717, 1.165) is 30.8 Å². The van der Waals surface area contributed by atoms with E-state index >= 15 is 0 Å². The lowest BCUT2D eigenvalue weighted by Crippen LogP contribution is -2.60. The Hall–Kier alpha value is -3.85. The summed E-state index contributed by atoms with van der Waals surface area (Å²) >= 11 is 12.6. The number of amides is 3. The van der Waals surface area contributed by atoms with Gasteiger partial charge in [0.2, 0.25) is 5.91 Å². The number of rotatable bonds is 10. The molecular formula is C35H38Cl2N4O4. The van der Waals surface area contributed by atoms with Gasteiger partial charge < -0.3 is 14.9 Å². The van der Waals surface area contributed by atoms with E-state index in [1.54, 1.807) is 28.0 Å². The average molecular weight is 650 g/mol. The van der Waals surface area contributed by atoms with E-state index in [2.05, 4.69) is 29.2 Å². The predicted octanol–water partition coefficient (Wildman–Crippen LogP) is 6.45. The molecule has 2 aliphatic heterocycles. The summed E-state index contributed by atoms with van der Waals surface area (Å²) in [7, 11) is 0. The fraction of sp³-hybridized carbons (Fsp3) is 0.343. The van der Waals surface area contributed by atoms with Crippen LogP contribution in [0.1, 0.15) is 29.5 Å². The molecule has 3 amide bonds. The molecule has 5 rings (SSSR count). The molecule has 45 heavy (non-hydrogen) atoms. The minimum Gasteiger partial charge on any atom is -0.481 e. The third-order valence-corrected chi connectivity index (χ3v) is 9.08. The summed E-state index contributed by atoms with van der Waals surface area (Å²) in [5.74, 6) is -1.11. The topological polar surface area (TPSA) is 84.4 Å². The van der Waals surface area contributed by atoms with Crippen molar-refractivity contribution >= 4 is 52.9 Å². The highest BCUT2D eigenvalue weighted by Gasteiger charge is 2.47. The molecule has 0 spiro atoms. The Morgan fingerprint density at radius 2 is 1.62 bits per heavy atom. The first-order chi connectivity index (χ1) is 21.6. The second-order valence-corrected chi connectivity index (χ2v) is 12.9. The number of aliphatic carboxylic acids is 1. The fourth-order valence-electron chi connectivity index (χ4n) is 6.12. The van der Waals surface area contributed by atoms with Crippen LogP contribution in [0.4, 0.5) is 10.5 Å². The van der Waals surface area contributed by atoms with Crippen molar-refractivity contribution in [2.24, 2.45) is 5.41 Å². The maximum absolute atomic E-state index is 13.9. The molecule has 0 aliphatic carbocycles. The van der Waals surface area contributed by atoms with Gasteiger partial charge in [-0.05, 0) is 42.3 Å². The Morgan fingerprint density at radius 1 is 0.911 bits per heavy atom. The van der Waals surface area contributed by atoms with Gasteiger partial charge in [-0.1, -0.05) is 89.4 Å². The summed E-state index contributed by atoms with van der Waals surface area (Å²) in [4.78, 5) is 47.4. The predicted molar refractivity (Wildman–Crippen MR) is 179 cm³/mol. The highest BCUT2D eigenvalue weighted by molar-refractivity contribution is 6.35. The summed E-state index contributed by atoms with van der Waals surface area (Å²) in [6, 6.07) is 22.5. The molecule has 1 atom stereocenters. The minimum atomic E-state index is -1.02. The van der Waals surface area contributed by atoms with Crippen LogP contribution in [0.3, 0.4) is 0 Å². The van der Waals surface area contributed by atoms with Crippen molar-refractivity contribution in [2.75, 3.05) is 50.7 Å². The van der Waals surface area contributed by atoms with E-state index in [0.29, 0.717) is 34.4 Å². The first-order valence-corrected chi connectivity index (χ1v) is 15.9. The van der Waals surface area contributed by atoms with Crippen LogP contribution < -0.4 is 4.90 Å². The van der Waals surface area contributed by atoms with E-state index < -0.39 is 11.4 Å². The van der Waals surface area contributed by atoms with Crippen LogP contribution in [0.25, 0.3) is 6.08 Å². The summed E-state index contributed by atoms with van der Waals surface area (Å²) in [6.45, 7) is 5.70. The van der Waals surface area contributed by atoms with Crippen molar-refractivity contribution in [2.45, 2.75) is 26.3 Å². The van der Waals surface area contributed by atoms with E-state index in [-0.39, 0.29) is 44.4 Å². The van der Waals surface area contributed by atoms with Crippen LogP contribution in [-0.4, -0.2) is 83.5 Å². The summed E-state index contributed by atoms with van der Waals surface area (Å²) in [5, 5.41) is 11.0. The second kappa shape index (κ2) is 14.5. The van der Waals surface area contributed by atoms with Crippen LogP contribution in [0, 0.1) is 12.3 Å². The molecule has 1 N–H and O–H groups in total. The lowest BCUT2D eigenvalue weighted by molar-refractivity contribution is -0.142. The van der Waals surface area contributed by atoms with Gasteiger partial charge in [0.05, 0.1) is 6.42 Å². The molecule has 0 aromatic heterocycles. The zero-order valence-electron chi connectivity index (χ0n) is 25.4. The number of piperazine rings is 1. The Bertz CT molecular complexity index is 1540. The standard InChI is InChI=1S/C35H38Cl2N4O4/c1-26-9-13-30(14-10-26)41-25-35(22-33(43)44,24-40(34(41)45)23-28-11-12-29(36)20-31(28)37)21-32(42)39-18-16-38(17-19-39)15-5-8-27-6-3-2-4-7-27/h2-14,20H,15-19,21-25H2,1H3,(H,43,44)/b8-5+. The second-order valence-electron chi connectivity index (χ2n) is 12.0. The number of hydrogen-bond donors (Lipinski definition) is 1. The number of benzene rings is 3. The number of hydrogen-bond acceptors (Lipinski definition) is 4. The van der Waals surface area contributed by atoms with Gasteiger partial charge in [0.25, 0.3) is 0 Å². The van der Waals surface area contributed by atoms with Gasteiger partial charge in [-0.2, -0.15) is 0 Å². The van der Waals surface area contributed by atoms with E-state index in [1.165, 1.54) is 0 Å². The van der Waals surface area contributed by atoms with Gasteiger partial charge >= 0.3 is 12.0 Å². The van der Waals surface area contributed by atoms with Crippen LogP contribution in [0.15, 0.2) is 78.9 Å². The maximum atomic E-state index is 13.9. The Kier molecular flexibility index (Phi) is 10.5. The van der Waals surface area contributed by atoms with Gasteiger partial charge in [-0.25, -0.2) is 4.79 Å². The lowest BCUT2D eigenvalue weighted by atomic mass is 9.77. The first-order valence-electron chi connectivity index (χ1n) is 15.1. The Labute approximate surface area is 274 Å². The number of carboxylic acid groups (broad SMARTS) is 1. The Morgan fingerprint density at radius 3 is 2.29 bits per heavy atom.